The Morgan fingerprint density at radius 3 is 2.56 bits per heavy atom. The van der Waals surface area contributed by atoms with Gasteiger partial charge in [-0.3, -0.25) is 14.9 Å². The molecule has 2 aliphatic heterocycles. The van der Waals surface area contributed by atoms with E-state index >= 15 is 0 Å². The first-order valence-corrected chi connectivity index (χ1v) is 12.9. The Labute approximate surface area is 199 Å². The van der Waals surface area contributed by atoms with Crippen LogP contribution in [0, 0.1) is 11.8 Å². The van der Waals surface area contributed by atoms with Crippen LogP contribution < -0.4 is 5.32 Å². The molecule has 3 atom stereocenters. The number of H-pyrrole nitrogens is 1. The molecule has 2 amide bonds. The number of piperidine rings is 1. The summed E-state index contributed by atoms with van der Waals surface area (Å²) in [4.78, 5) is 42.7. The molecule has 4 fully saturated rings. The molecule has 3 N–H and O–H groups in total. The van der Waals surface area contributed by atoms with Crippen LogP contribution in [0.25, 0.3) is 11.2 Å². The van der Waals surface area contributed by atoms with Crippen molar-refractivity contribution in [2.45, 2.75) is 69.6 Å². The molecular formula is C25H34N6O3. The molecule has 9 nitrogen and oxygen atoms in total. The van der Waals surface area contributed by atoms with E-state index in [1.807, 2.05) is 16.0 Å². The number of amides is 2. The first kappa shape index (κ1) is 22.0. The maximum atomic E-state index is 13.6. The minimum absolute atomic E-state index is 0.00469. The van der Waals surface area contributed by atoms with E-state index in [4.69, 9.17) is 4.98 Å². The standard InChI is InChI=1S/C25H34N6O3/c32-23(18-12-26-22-21(18)28-19(13-27-22)15-5-6-15)29-20(16-7-8-16)25(34)31-11-3-4-17(14-31)24(33)30-9-1-2-10-30/h12-13,15-17,20,23,29,32H,1-11,14H2,(H,26,27)/t17-,20?,23?/m0/s1. The summed E-state index contributed by atoms with van der Waals surface area (Å²) >= 11 is 0. The monoisotopic (exact) mass is 466 g/mol. The van der Waals surface area contributed by atoms with Crippen LogP contribution in [-0.2, 0) is 9.59 Å². The molecule has 0 aromatic carbocycles. The number of likely N-dealkylation sites (tertiary alicyclic amines) is 2. The molecule has 2 aliphatic carbocycles. The van der Waals surface area contributed by atoms with Crippen molar-refractivity contribution in [2.24, 2.45) is 11.8 Å². The lowest BCUT2D eigenvalue weighted by Crippen LogP contribution is -2.53. The Morgan fingerprint density at radius 1 is 1.06 bits per heavy atom. The fourth-order valence-corrected chi connectivity index (χ4v) is 5.58. The Hall–Kier alpha value is -2.52. The number of rotatable bonds is 7. The average molecular weight is 467 g/mol. The summed E-state index contributed by atoms with van der Waals surface area (Å²) in [5, 5.41) is 14.3. The van der Waals surface area contributed by atoms with Crippen molar-refractivity contribution >= 4 is 23.0 Å². The van der Waals surface area contributed by atoms with Crippen LogP contribution in [0.4, 0.5) is 0 Å². The predicted molar refractivity (Wildman–Crippen MR) is 126 cm³/mol. The second-order valence-electron chi connectivity index (χ2n) is 10.6. The van der Waals surface area contributed by atoms with Gasteiger partial charge in [0.2, 0.25) is 11.8 Å². The molecule has 0 spiro atoms. The number of nitrogens with one attached hydrogen (secondary N) is 2. The van der Waals surface area contributed by atoms with Gasteiger partial charge in [0.25, 0.3) is 0 Å². The minimum Gasteiger partial charge on any atom is -0.374 e. The molecule has 6 rings (SSSR count). The minimum atomic E-state index is -1.01. The normalized spacial score (nSPS) is 25.0. The zero-order chi connectivity index (χ0) is 23.2. The number of carbonyl (C=O) groups excluding carboxylic acids is 2. The molecule has 2 saturated heterocycles. The van der Waals surface area contributed by atoms with E-state index in [0.29, 0.717) is 35.7 Å². The lowest BCUT2D eigenvalue weighted by Gasteiger charge is -2.36. The molecule has 34 heavy (non-hydrogen) atoms. The molecule has 9 heteroatoms. The van der Waals surface area contributed by atoms with Crippen LogP contribution in [0.2, 0.25) is 0 Å². The van der Waals surface area contributed by atoms with Gasteiger partial charge in [-0.25, -0.2) is 9.97 Å². The van der Waals surface area contributed by atoms with Crippen molar-refractivity contribution in [3.05, 3.63) is 23.7 Å². The van der Waals surface area contributed by atoms with Crippen LogP contribution in [-0.4, -0.2) is 73.9 Å². The fraction of sp³-hybridized carbons (Fsp3) is 0.680. The van der Waals surface area contributed by atoms with Gasteiger partial charge in [0, 0.05) is 43.9 Å². The smallest absolute Gasteiger partial charge is 0.240 e. The molecule has 0 bridgehead atoms. The molecule has 4 heterocycles. The summed E-state index contributed by atoms with van der Waals surface area (Å²) in [6, 6.07) is -0.458. The van der Waals surface area contributed by atoms with E-state index in [1.54, 1.807) is 6.20 Å². The summed E-state index contributed by atoms with van der Waals surface area (Å²) < 4.78 is 0. The third kappa shape index (κ3) is 4.31. The molecule has 4 aliphatic rings. The van der Waals surface area contributed by atoms with Crippen molar-refractivity contribution in [3.63, 3.8) is 0 Å². The highest BCUT2D eigenvalue weighted by atomic mass is 16.3. The second-order valence-corrected chi connectivity index (χ2v) is 10.6. The Morgan fingerprint density at radius 2 is 1.82 bits per heavy atom. The van der Waals surface area contributed by atoms with E-state index in [9.17, 15) is 14.7 Å². The number of aromatic nitrogens is 3. The Kier molecular flexibility index (Phi) is 5.77. The van der Waals surface area contributed by atoms with Gasteiger partial charge in [-0.2, -0.15) is 0 Å². The van der Waals surface area contributed by atoms with Crippen molar-refractivity contribution < 1.29 is 14.7 Å². The predicted octanol–water partition coefficient (Wildman–Crippen LogP) is 2.06. The quantitative estimate of drug-likeness (QED) is 0.538. The summed E-state index contributed by atoms with van der Waals surface area (Å²) in [5.41, 5.74) is 2.91. The van der Waals surface area contributed by atoms with Gasteiger partial charge in [0.05, 0.1) is 23.9 Å². The van der Waals surface area contributed by atoms with Crippen molar-refractivity contribution in [1.29, 1.82) is 0 Å². The number of fused-ring (bicyclic) bond motifs is 1. The van der Waals surface area contributed by atoms with E-state index in [-0.39, 0.29) is 23.7 Å². The lowest BCUT2D eigenvalue weighted by molar-refractivity contribution is -0.142. The Bertz CT molecular complexity index is 1070. The van der Waals surface area contributed by atoms with Gasteiger partial charge in [-0.1, -0.05) is 0 Å². The van der Waals surface area contributed by atoms with E-state index in [0.717, 1.165) is 70.2 Å². The number of nitrogens with zero attached hydrogens (tertiary/aromatic N) is 4. The zero-order valence-corrected chi connectivity index (χ0v) is 19.6. The van der Waals surface area contributed by atoms with E-state index in [2.05, 4.69) is 15.3 Å². The second kappa shape index (κ2) is 8.92. The van der Waals surface area contributed by atoms with Crippen LogP contribution in [0.5, 0.6) is 0 Å². The topological polar surface area (TPSA) is 114 Å². The zero-order valence-electron chi connectivity index (χ0n) is 19.6. The Balaban J connectivity index is 1.16. The number of aromatic amines is 1. The molecule has 182 valence electrons. The summed E-state index contributed by atoms with van der Waals surface area (Å²) in [6.45, 7) is 2.85. The molecule has 2 aromatic rings. The number of aliphatic hydroxyl groups is 1. The molecular weight excluding hydrogens is 432 g/mol. The van der Waals surface area contributed by atoms with E-state index < -0.39 is 12.3 Å². The van der Waals surface area contributed by atoms with Gasteiger partial charge in [-0.05, 0) is 57.3 Å². The fourth-order valence-electron chi connectivity index (χ4n) is 5.58. The van der Waals surface area contributed by atoms with Gasteiger partial charge in [0.15, 0.2) is 5.65 Å². The van der Waals surface area contributed by atoms with Crippen LogP contribution >= 0.6 is 0 Å². The lowest BCUT2D eigenvalue weighted by atomic mass is 9.95. The first-order chi connectivity index (χ1) is 16.6. The third-order valence-electron chi connectivity index (χ3n) is 7.92. The molecule has 2 unspecified atom stereocenters. The number of carbonyl (C=O) groups is 2. The van der Waals surface area contributed by atoms with E-state index in [1.165, 1.54) is 0 Å². The van der Waals surface area contributed by atoms with Crippen LogP contribution in [0.3, 0.4) is 0 Å². The maximum absolute atomic E-state index is 13.6. The molecule has 0 radical (unpaired) electrons. The van der Waals surface area contributed by atoms with Crippen LogP contribution in [0.15, 0.2) is 12.4 Å². The van der Waals surface area contributed by atoms with Crippen LogP contribution in [0.1, 0.15) is 74.8 Å². The molecule has 2 aromatic heterocycles. The number of aliphatic hydroxyl groups excluding tert-OH is 1. The number of hydrogen-bond acceptors (Lipinski definition) is 6. The van der Waals surface area contributed by atoms with Gasteiger partial charge in [0.1, 0.15) is 11.7 Å². The first-order valence-electron chi connectivity index (χ1n) is 12.9. The highest BCUT2D eigenvalue weighted by Crippen LogP contribution is 2.39. The van der Waals surface area contributed by atoms with Gasteiger partial charge in [-0.15, -0.1) is 0 Å². The third-order valence-corrected chi connectivity index (χ3v) is 7.92. The van der Waals surface area contributed by atoms with Gasteiger partial charge < -0.3 is 19.9 Å². The van der Waals surface area contributed by atoms with Crippen molar-refractivity contribution in [1.82, 2.24) is 30.1 Å². The molecule has 2 saturated carbocycles. The largest absolute Gasteiger partial charge is 0.374 e. The highest BCUT2D eigenvalue weighted by Gasteiger charge is 2.42. The summed E-state index contributed by atoms with van der Waals surface area (Å²) in [6.07, 6.45) is 10.6. The van der Waals surface area contributed by atoms with Crippen molar-refractivity contribution in [3.8, 4) is 0 Å². The SMILES string of the molecule is O=C(C(NC(O)c1c[nH]c2ncc(C3CC3)nc12)C1CC1)N1CCC[C@H](C(=O)N2CCCC2)C1. The van der Waals surface area contributed by atoms with Gasteiger partial charge >= 0.3 is 0 Å². The summed E-state index contributed by atoms with van der Waals surface area (Å²) in [7, 11) is 0. The van der Waals surface area contributed by atoms with Crippen molar-refractivity contribution in [2.75, 3.05) is 26.2 Å². The summed E-state index contributed by atoms with van der Waals surface area (Å²) in [5.74, 6) is 0.793. The highest BCUT2D eigenvalue weighted by molar-refractivity contribution is 5.85. The average Bonchev–Trinajstić information content (AvgIpc) is 3.79. The number of hydrogen-bond donors (Lipinski definition) is 3. The maximum Gasteiger partial charge on any atom is 0.240 e.